The van der Waals surface area contributed by atoms with Gasteiger partial charge in [0.05, 0.1) is 0 Å². The van der Waals surface area contributed by atoms with Crippen molar-refractivity contribution in [3.05, 3.63) is 30.6 Å². The molecule has 0 saturated carbocycles. The van der Waals surface area contributed by atoms with Crippen molar-refractivity contribution in [2.45, 2.75) is 77.7 Å². The van der Waals surface area contributed by atoms with Crippen LogP contribution in [0.25, 0.3) is 0 Å². The Morgan fingerprint density at radius 1 is 0.652 bits per heavy atom. The van der Waals surface area contributed by atoms with Crippen molar-refractivity contribution >= 4 is 0 Å². The van der Waals surface area contributed by atoms with E-state index < -0.39 is 20.1 Å². The van der Waals surface area contributed by atoms with Gasteiger partial charge in [0.25, 0.3) is 0 Å². The molecule has 0 amide bonds. The van der Waals surface area contributed by atoms with Crippen LogP contribution in [0.2, 0.25) is 0 Å². The first kappa shape index (κ1) is 22.7. The molecule has 1 rings (SSSR count). The summed E-state index contributed by atoms with van der Waals surface area (Å²) in [6.07, 6.45) is 18.5. The summed E-state index contributed by atoms with van der Waals surface area (Å²) in [5, 5.41) is 0. The number of aryl methyl sites for hydroxylation is 1. The van der Waals surface area contributed by atoms with Gasteiger partial charge < -0.3 is 0 Å². The van der Waals surface area contributed by atoms with Crippen LogP contribution < -0.4 is 38.4 Å². The standard InChI is InChI=1S/C17H30N.IO4/c1-2-3-4-5-6-7-8-9-10-12-15-18-16-13-11-14-17-18;2-1(3,4)5/h11,13-14,16-17H,2-10,12,15H2,1H3;/q+1;-1. The van der Waals surface area contributed by atoms with Gasteiger partial charge >= 0.3 is 0 Å². The normalized spacial score (nSPS) is 11.0. The molecule has 1 aromatic rings. The molecule has 0 atom stereocenters. The lowest BCUT2D eigenvalue weighted by molar-refractivity contribution is -2.00. The zero-order chi connectivity index (χ0) is 17.4. The van der Waals surface area contributed by atoms with E-state index in [0.717, 1.165) is 0 Å². The van der Waals surface area contributed by atoms with Crippen molar-refractivity contribution in [3.8, 4) is 0 Å². The lowest BCUT2D eigenvalue weighted by Gasteiger charge is -2.08. The minimum Gasteiger partial charge on any atom is -0.286 e. The molecule has 5 nitrogen and oxygen atoms in total. The van der Waals surface area contributed by atoms with Gasteiger partial charge in [0.15, 0.2) is 12.4 Å². The van der Waals surface area contributed by atoms with Crippen molar-refractivity contribution < 1.29 is 38.4 Å². The summed E-state index contributed by atoms with van der Waals surface area (Å²) in [5.41, 5.74) is 0. The molecule has 6 heteroatoms. The van der Waals surface area contributed by atoms with Crippen LogP contribution in [0.5, 0.6) is 0 Å². The molecule has 0 radical (unpaired) electrons. The fourth-order valence-electron chi connectivity index (χ4n) is 2.37. The summed E-state index contributed by atoms with van der Waals surface area (Å²) in [6, 6.07) is 6.29. The van der Waals surface area contributed by atoms with E-state index in [0.29, 0.717) is 0 Å². The zero-order valence-electron chi connectivity index (χ0n) is 14.1. The molecule has 1 heterocycles. The molecule has 1 aromatic heterocycles. The molecule has 0 N–H and O–H groups in total. The number of nitrogens with zero attached hydrogens (tertiary/aromatic N) is 1. The third-order valence-corrected chi connectivity index (χ3v) is 3.55. The van der Waals surface area contributed by atoms with Crippen molar-refractivity contribution in [1.29, 1.82) is 0 Å². The number of aromatic nitrogens is 1. The maximum Gasteiger partial charge on any atom is 0.168 e. The molecule has 134 valence electrons. The first-order valence-electron chi connectivity index (χ1n) is 8.49. The average Bonchev–Trinajstić information content (AvgIpc) is 2.48. The van der Waals surface area contributed by atoms with E-state index in [-0.39, 0.29) is 0 Å². The molecular weight excluding hydrogens is 409 g/mol. The molecule has 0 fully saturated rings. The summed E-state index contributed by atoms with van der Waals surface area (Å²) in [6.45, 7) is 3.46. The molecule has 0 aliphatic heterocycles. The van der Waals surface area contributed by atoms with Gasteiger partial charge in [-0.15, -0.1) is 0 Å². The fraction of sp³-hybridized carbons (Fsp3) is 0.706. The minimum absolute atomic E-state index is 1.18. The lowest BCUT2D eigenvalue weighted by atomic mass is 10.1. The Labute approximate surface area is 146 Å². The zero-order valence-corrected chi connectivity index (χ0v) is 16.3. The quantitative estimate of drug-likeness (QED) is 0.211. The largest absolute Gasteiger partial charge is 0.286 e. The van der Waals surface area contributed by atoms with Gasteiger partial charge in [0.1, 0.15) is 26.6 Å². The highest BCUT2D eigenvalue weighted by Crippen LogP contribution is 2.10. The predicted molar refractivity (Wildman–Crippen MR) is 78.5 cm³/mol. The van der Waals surface area contributed by atoms with Gasteiger partial charge in [-0.25, -0.2) is 4.57 Å². The van der Waals surface area contributed by atoms with E-state index in [9.17, 15) is 0 Å². The van der Waals surface area contributed by atoms with Gasteiger partial charge in [-0.05, 0) is 6.42 Å². The topological polar surface area (TPSA) is 96.1 Å². The summed E-state index contributed by atoms with van der Waals surface area (Å²) < 4.78 is 36.8. The molecule has 0 spiro atoms. The first-order valence-corrected chi connectivity index (χ1v) is 12.0. The Bertz CT molecular complexity index is 351. The van der Waals surface area contributed by atoms with Crippen molar-refractivity contribution in [2.75, 3.05) is 0 Å². The number of hydrogen-bond acceptors (Lipinski definition) is 4. The van der Waals surface area contributed by atoms with E-state index >= 15 is 0 Å². The third-order valence-electron chi connectivity index (χ3n) is 3.55. The highest BCUT2D eigenvalue weighted by Gasteiger charge is 1.97. The van der Waals surface area contributed by atoms with Crippen LogP contribution in [-0.4, -0.2) is 0 Å². The molecule has 0 bridgehead atoms. The second kappa shape index (κ2) is 15.3. The Kier molecular flexibility index (Phi) is 15.1. The molecule has 0 aliphatic carbocycles. The van der Waals surface area contributed by atoms with E-state index in [1.807, 2.05) is 0 Å². The highest BCUT2D eigenvalue weighted by atomic mass is 127. The molecule has 0 unspecified atom stereocenters. The Hall–Kier alpha value is -0.280. The van der Waals surface area contributed by atoms with Crippen molar-refractivity contribution in [2.24, 2.45) is 0 Å². The Morgan fingerprint density at radius 3 is 1.48 bits per heavy atom. The lowest BCUT2D eigenvalue weighted by Crippen LogP contribution is -4.29. The second-order valence-electron chi connectivity index (χ2n) is 5.67. The maximum atomic E-state index is 8.62. The number of hydrogen-bond donors (Lipinski definition) is 0. The predicted octanol–water partition coefficient (Wildman–Crippen LogP) is -2.86. The average molecular weight is 439 g/mol. The van der Waals surface area contributed by atoms with Gasteiger partial charge in [-0.2, -0.15) is 0 Å². The summed E-state index contributed by atoms with van der Waals surface area (Å²) in [7, 11) is 0. The van der Waals surface area contributed by atoms with E-state index in [4.69, 9.17) is 13.7 Å². The second-order valence-corrected chi connectivity index (χ2v) is 7.83. The Morgan fingerprint density at radius 2 is 1.04 bits per heavy atom. The van der Waals surface area contributed by atoms with Crippen molar-refractivity contribution in [1.82, 2.24) is 0 Å². The number of pyridine rings is 1. The minimum atomic E-state index is -5.94. The Balaban J connectivity index is 0.000000841. The van der Waals surface area contributed by atoms with Gasteiger partial charge in [0, 0.05) is 18.6 Å². The molecular formula is C17H30INO4. The monoisotopic (exact) mass is 439 g/mol. The maximum absolute atomic E-state index is 8.62. The molecule has 23 heavy (non-hydrogen) atoms. The number of rotatable bonds is 11. The van der Waals surface area contributed by atoms with Crippen LogP contribution in [0, 0.1) is 0 Å². The number of halogens is 1. The van der Waals surface area contributed by atoms with Gasteiger partial charge in [0.2, 0.25) is 0 Å². The van der Waals surface area contributed by atoms with E-state index in [1.54, 1.807) is 0 Å². The SMILES string of the molecule is CCCCCCCCCCCC[n+]1ccccc1.[O-][I+3]([O-])([O-])[O-]. The highest BCUT2D eigenvalue weighted by molar-refractivity contribution is 4.83. The van der Waals surface area contributed by atoms with Crippen LogP contribution in [0.15, 0.2) is 30.6 Å². The van der Waals surface area contributed by atoms with E-state index in [1.165, 1.54) is 70.8 Å². The van der Waals surface area contributed by atoms with Gasteiger partial charge in [-0.3, -0.25) is 13.7 Å². The first-order chi connectivity index (χ1) is 10.9. The summed E-state index contributed by atoms with van der Waals surface area (Å²) in [5.74, 6) is 0. The van der Waals surface area contributed by atoms with Crippen LogP contribution in [0.4, 0.5) is 0 Å². The summed E-state index contributed by atoms with van der Waals surface area (Å²) >= 11 is -5.94. The van der Waals surface area contributed by atoms with Crippen LogP contribution >= 0.6 is 0 Å². The van der Waals surface area contributed by atoms with Crippen molar-refractivity contribution in [3.63, 3.8) is 0 Å². The van der Waals surface area contributed by atoms with E-state index in [2.05, 4.69) is 42.1 Å². The molecule has 0 aromatic carbocycles. The smallest absolute Gasteiger partial charge is 0.168 e. The fourth-order valence-corrected chi connectivity index (χ4v) is 2.37. The molecule has 0 saturated heterocycles. The third kappa shape index (κ3) is 21.7. The van der Waals surface area contributed by atoms with Crippen LogP contribution in [0.1, 0.15) is 71.1 Å². The number of unbranched alkanes of at least 4 members (excludes halogenated alkanes) is 9. The van der Waals surface area contributed by atoms with Crippen LogP contribution in [0.3, 0.4) is 0 Å². The summed E-state index contributed by atoms with van der Waals surface area (Å²) in [4.78, 5) is 0. The molecule has 0 aliphatic rings. The van der Waals surface area contributed by atoms with Crippen LogP contribution in [-0.2, 0) is 6.54 Å². The van der Waals surface area contributed by atoms with Gasteiger partial charge in [-0.1, -0.05) is 64.4 Å².